The predicted octanol–water partition coefficient (Wildman–Crippen LogP) is 3.49. The number of esters is 2. The SMILES string of the molecule is COC(=O)/C=C/C1=C(C(=O)OC)C2(C(=O)N(Cc3ccccc3)c3ccccc32)N2C(C)CCC12. The first-order valence-corrected chi connectivity index (χ1v) is 11.8. The number of methoxy groups -OCH3 is 2. The largest absolute Gasteiger partial charge is 0.466 e. The molecule has 1 amide bonds. The Morgan fingerprint density at radius 2 is 1.74 bits per heavy atom. The van der Waals surface area contributed by atoms with E-state index in [1.165, 1.54) is 20.3 Å². The van der Waals surface area contributed by atoms with Crippen molar-refractivity contribution in [1.82, 2.24) is 4.90 Å². The summed E-state index contributed by atoms with van der Waals surface area (Å²) in [4.78, 5) is 43.9. The lowest BCUT2D eigenvalue weighted by Crippen LogP contribution is -2.55. The van der Waals surface area contributed by atoms with Gasteiger partial charge in [0.15, 0.2) is 5.54 Å². The summed E-state index contributed by atoms with van der Waals surface area (Å²) in [6.07, 6.45) is 4.56. The van der Waals surface area contributed by atoms with Crippen LogP contribution < -0.4 is 4.90 Å². The van der Waals surface area contributed by atoms with Crippen LogP contribution in [0.2, 0.25) is 0 Å². The summed E-state index contributed by atoms with van der Waals surface area (Å²) in [7, 11) is 2.63. The van der Waals surface area contributed by atoms with Crippen molar-refractivity contribution < 1.29 is 23.9 Å². The molecule has 0 saturated carbocycles. The van der Waals surface area contributed by atoms with Crippen molar-refractivity contribution in [2.45, 2.75) is 43.9 Å². The zero-order valence-electron chi connectivity index (χ0n) is 20.1. The van der Waals surface area contributed by atoms with E-state index in [4.69, 9.17) is 9.47 Å². The molecule has 2 aromatic carbocycles. The fourth-order valence-corrected chi connectivity index (χ4v) is 6.00. The van der Waals surface area contributed by atoms with Crippen molar-refractivity contribution in [2.75, 3.05) is 19.1 Å². The molecule has 1 fully saturated rings. The smallest absolute Gasteiger partial charge is 0.336 e. The van der Waals surface area contributed by atoms with Crippen LogP contribution in [-0.4, -0.2) is 49.0 Å². The molecule has 3 aliphatic rings. The third-order valence-corrected chi connectivity index (χ3v) is 7.38. The first-order valence-electron chi connectivity index (χ1n) is 11.8. The molecule has 3 unspecified atom stereocenters. The minimum atomic E-state index is -1.32. The van der Waals surface area contributed by atoms with Gasteiger partial charge in [0.25, 0.3) is 5.91 Å². The lowest BCUT2D eigenvalue weighted by Gasteiger charge is -2.38. The molecule has 1 spiro atoms. The third kappa shape index (κ3) is 3.33. The molecule has 35 heavy (non-hydrogen) atoms. The number of hydrogen-bond donors (Lipinski definition) is 0. The molecule has 3 aliphatic heterocycles. The Kier molecular flexibility index (Phi) is 5.81. The Balaban J connectivity index is 1.76. The number of para-hydroxylation sites is 1. The van der Waals surface area contributed by atoms with E-state index in [9.17, 15) is 14.4 Å². The van der Waals surface area contributed by atoms with E-state index in [-0.39, 0.29) is 23.6 Å². The number of ether oxygens (including phenoxy) is 2. The maximum absolute atomic E-state index is 14.6. The Hall–Kier alpha value is -3.71. The van der Waals surface area contributed by atoms with Crippen molar-refractivity contribution in [3.63, 3.8) is 0 Å². The van der Waals surface area contributed by atoms with Gasteiger partial charge in [-0.15, -0.1) is 0 Å². The molecule has 0 N–H and O–H groups in total. The van der Waals surface area contributed by atoms with Gasteiger partial charge in [-0.2, -0.15) is 0 Å². The molecule has 180 valence electrons. The topological polar surface area (TPSA) is 76.2 Å². The van der Waals surface area contributed by atoms with Crippen molar-refractivity contribution in [3.8, 4) is 0 Å². The van der Waals surface area contributed by atoms with E-state index >= 15 is 0 Å². The van der Waals surface area contributed by atoms with E-state index in [0.29, 0.717) is 12.1 Å². The minimum Gasteiger partial charge on any atom is -0.466 e. The van der Waals surface area contributed by atoms with Gasteiger partial charge in [-0.25, -0.2) is 9.59 Å². The molecule has 0 bridgehead atoms. The van der Waals surface area contributed by atoms with Gasteiger partial charge < -0.3 is 14.4 Å². The quantitative estimate of drug-likeness (QED) is 0.490. The van der Waals surface area contributed by atoms with Crippen molar-refractivity contribution in [3.05, 3.63) is 89.0 Å². The van der Waals surface area contributed by atoms with Crippen molar-refractivity contribution >= 4 is 23.5 Å². The average Bonchev–Trinajstić information content (AvgIpc) is 3.48. The molecule has 5 rings (SSSR count). The maximum Gasteiger partial charge on any atom is 0.336 e. The standard InChI is InChI=1S/C28H28N2O5/c1-18-13-15-22-20(14-16-24(31)34-2)25(26(32)35-3)28(30(18)22)21-11-7-8-12-23(21)29(27(28)33)17-19-9-5-4-6-10-19/h4-12,14,16,18,22H,13,15,17H2,1-3H3/b16-14+. The van der Waals surface area contributed by atoms with E-state index in [1.807, 2.05) is 54.6 Å². The fourth-order valence-electron chi connectivity index (χ4n) is 6.00. The molecule has 7 nitrogen and oxygen atoms in total. The van der Waals surface area contributed by atoms with Crippen LogP contribution in [0.3, 0.4) is 0 Å². The van der Waals surface area contributed by atoms with Gasteiger partial charge in [0.05, 0.1) is 32.0 Å². The van der Waals surface area contributed by atoms with E-state index in [0.717, 1.165) is 29.7 Å². The molecule has 0 aromatic heterocycles. The number of amides is 1. The Morgan fingerprint density at radius 1 is 1.03 bits per heavy atom. The number of rotatable bonds is 5. The molecule has 1 saturated heterocycles. The summed E-state index contributed by atoms with van der Waals surface area (Å²) in [5, 5.41) is 0. The van der Waals surface area contributed by atoms with E-state index in [2.05, 4.69) is 11.8 Å². The second-order valence-electron chi connectivity index (χ2n) is 9.13. The minimum absolute atomic E-state index is 0.0392. The summed E-state index contributed by atoms with van der Waals surface area (Å²) < 4.78 is 10.0. The summed E-state index contributed by atoms with van der Waals surface area (Å²) in [5.41, 5.74) is 2.13. The molecular formula is C28H28N2O5. The summed E-state index contributed by atoms with van der Waals surface area (Å²) in [5.74, 6) is -1.27. The highest BCUT2D eigenvalue weighted by Gasteiger charge is 2.67. The molecule has 2 aromatic rings. The lowest BCUT2D eigenvalue weighted by molar-refractivity contribution is -0.141. The van der Waals surface area contributed by atoms with Crippen LogP contribution in [0.1, 0.15) is 30.9 Å². The molecule has 3 atom stereocenters. The normalized spacial score (nSPS) is 25.5. The second-order valence-corrected chi connectivity index (χ2v) is 9.13. The zero-order valence-corrected chi connectivity index (χ0v) is 20.1. The average molecular weight is 473 g/mol. The highest BCUT2D eigenvalue weighted by atomic mass is 16.5. The van der Waals surface area contributed by atoms with Crippen molar-refractivity contribution in [1.29, 1.82) is 0 Å². The van der Waals surface area contributed by atoms with Crippen LogP contribution in [0.25, 0.3) is 0 Å². The molecule has 3 heterocycles. The highest BCUT2D eigenvalue weighted by molar-refractivity contribution is 6.16. The van der Waals surface area contributed by atoms with Gasteiger partial charge in [0, 0.05) is 23.7 Å². The van der Waals surface area contributed by atoms with Crippen LogP contribution in [-0.2, 0) is 35.9 Å². The van der Waals surface area contributed by atoms with Crippen LogP contribution in [0.15, 0.2) is 77.9 Å². The van der Waals surface area contributed by atoms with E-state index < -0.39 is 17.5 Å². The zero-order chi connectivity index (χ0) is 24.7. The third-order valence-electron chi connectivity index (χ3n) is 7.38. The van der Waals surface area contributed by atoms with Gasteiger partial charge in [0.2, 0.25) is 0 Å². The van der Waals surface area contributed by atoms with Gasteiger partial charge >= 0.3 is 11.9 Å². The van der Waals surface area contributed by atoms with Gasteiger partial charge in [-0.3, -0.25) is 9.69 Å². The van der Waals surface area contributed by atoms with Crippen LogP contribution in [0, 0.1) is 0 Å². The fraction of sp³-hybridized carbons (Fsp3) is 0.321. The number of fused-ring (bicyclic) bond motifs is 4. The molecule has 0 aliphatic carbocycles. The van der Waals surface area contributed by atoms with Gasteiger partial charge in [-0.05, 0) is 43.0 Å². The Bertz CT molecular complexity index is 1250. The number of benzene rings is 2. The molecule has 7 heteroatoms. The number of nitrogens with zero attached hydrogens (tertiary/aromatic N) is 2. The lowest BCUT2D eigenvalue weighted by atomic mass is 9.81. The first-order chi connectivity index (χ1) is 16.9. The molecule has 0 radical (unpaired) electrons. The van der Waals surface area contributed by atoms with Crippen LogP contribution >= 0.6 is 0 Å². The van der Waals surface area contributed by atoms with Gasteiger partial charge in [-0.1, -0.05) is 48.5 Å². The number of hydrogen-bond acceptors (Lipinski definition) is 6. The van der Waals surface area contributed by atoms with Crippen LogP contribution in [0.5, 0.6) is 0 Å². The Labute approximate surface area is 204 Å². The maximum atomic E-state index is 14.6. The first kappa shape index (κ1) is 23.1. The second kappa shape index (κ2) is 8.82. The highest BCUT2D eigenvalue weighted by Crippen LogP contribution is 2.58. The number of anilines is 1. The Morgan fingerprint density at radius 3 is 2.46 bits per heavy atom. The summed E-state index contributed by atoms with van der Waals surface area (Å²) >= 11 is 0. The molecular weight excluding hydrogens is 444 g/mol. The van der Waals surface area contributed by atoms with Crippen molar-refractivity contribution in [2.24, 2.45) is 0 Å². The van der Waals surface area contributed by atoms with Gasteiger partial charge in [0.1, 0.15) is 0 Å². The summed E-state index contributed by atoms with van der Waals surface area (Å²) in [6.45, 7) is 2.46. The van der Waals surface area contributed by atoms with Crippen LogP contribution in [0.4, 0.5) is 5.69 Å². The predicted molar refractivity (Wildman–Crippen MR) is 130 cm³/mol. The van der Waals surface area contributed by atoms with E-state index in [1.54, 1.807) is 11.0 Å². The monoisotopic (exact) mass is 472 g/mol. The number of carbonyl (C=O) groups is 3. The number of carbonyl (C=O) groups excluding carboxylic acids is 3. The summed E-state index contributed by atoms with van der Waals surface area (Å²) in [6, 6.07) is 17.3.